The van der Waals surface area contributed by atoms with Gasteiger partial charge in [0.15, 0.2) is 0 Å². The first-order valence-corrected chi connectivity index (χ1v) is 6.87. The number of carbonyl (C=O) groups is 2. The van der Waals surface area contributed by atoms with Crippen molar-refractivity contribution >= 4 is 17.7 Å². The zero-order valence-corrected chi connectivity index (χ0v) is 12.4. The zero-order valence-electron chi connectivity index (χ0n) is 12.4. The molecule has 21 heavy (non-hydrogen) atoms. The molecular weight excluding hydrogens is 274 g/mol. The first-order chi connectivity index (χ1) is 9.97. The second-order valence-electron chi connectivity index (χ2n) is 4.62. The highest BCUT2D eigenvalue weighted by molar-refractivity contribution is 5.92. The molecule has 0 unspecified atom stereocenters. The number of amides is 2. The molecule has 0 fully saturated rings. The summed E-state index contributed by atoms with van der Waals surface area (Å²) in [6, 6.07) is 1.76. The van der Waals surface area contributed by atoms with Crippen molar-refractivity contribution in [1.82, 2.24) is 10.3 Å². The quantitative estimate of drug-likeness (QED) is 0.715. The van der Waals surface area contributed by atoms with Gasteiger partial charge in [-0.1, -0.05) is 20.3 Å². The van der Waals surface area contributed by atoms with Gasteiger partial charge >= 0.3 is 12.0 Å². The van der Waals surface area contributed by atoms with Crippen LogP contribution in [0.15, 0.2) is 18.3 Å². The summed E-state index contributed by atoms with van der Waals surface area (Å²) in [6.07, 6.45) is 2.10. The molecule has 116 valence electrons. The van der Waals surface area contributed by atoms with E-state index in [9.17, 15) is 9.59 Å². The Kier molecular flexibility index (Phi) is 6.45. The van der Waals surface area contributed by atoms with Crippen LogP contribution in [0.5, 0.6) is 5.88 Å². The van der Waals surface area contributed by atoms with Gasteiger partial charge in [0.25, 0.3) is 0 Å². The Morgan fingerprint density at radius 1 is 1.38 bits per heavy atom. The van der Waals surface area contributed by atoms with Crippen molar-refractivity contribution in [3.8, 4) is 5.88 Å². The lowest BCUT2D eigenvalue weighted by molar-refractivity contribution is -0.140. The first-order valence-electron chi connectivity index (χ1n) is 6.87. The predicted molar refractivity (Wildman–Crippen MR) is 78.4 cm³/mol. The Morgan fingerprint density at radius 2 is 2.10 bits per heavy atom. The van der Waals surface area contributed by atoms with E-state index in [1.54, 1.807) is 19.1 Å². The average Bonchev–Trinajstić information content (AvgIpc) is 2.46. The van der Waals surface area contributed by atoms with Gasteiger partial charge in [0.2, 0.25) is 5.88 Å². The van der Waals surface area contributed by atoms with Crippen LogP contribution in [0.25, 0.3) is 0 Å². The fourth-order valence-electron chi connectivity index (χ4n) is 1.68. The Morgan fingerprint density at radius 3 is 2.57 bits per heavy atom. The zero-order chi connectivity index (χ0) is 15.8. The van der Waals surface area contributed by atoms with E-state index < -0.39 is 18.0 Å². The minimum atomic E-state index is -1.05. The number of anilines is 1. The molecule has 1 rings (SSSR count). The first kappa shape index (κ1) is 16.7. The number of carboxylic acids is 1. The predicted octanol–water partition coefficient (Wildman–Crippen LogP) is 2.10. The SMILES string of the molecule is CCOc1ccc(NC(=O)N[C@H](C(=O)O)[C@@H](C)CC)cn1. The van der Waals surface area contributed by atoms with Crippen molar-refractivity contribution in [2.24, 2.45) is 5.92 Å². The number of nitrogens with one attached hydrogen (secondary N) is 2. The maximum absolute atomic E-state index is 11.8. The van der Waals surface area contributed by atoms with Crippen LogP contribution in [0.2, 0.25) is 0 Å². The highest BCUT2D eigenvalue weighted by atomic mass is 16.5. The van der Waals surface area contributed by atoms with E-state index in [0.717, 1.165) is 0 Å². The summed E-state index contributed by atoms with van der Waals surface area (Å²) in [4.78, 5) is 27.0. The van der Waals surface area contributed by atoms with E-state index >= 15 is 0 Å². The number of ether oxygens (including phenoxy) is 1. The van der Waals surface area contributed by atoms with Crippen molar-refractivity contribution in [2.75, 3.05) is 11.9 Å². The highest BCUT2D eigenvalue weighted by Gasteiger charge is 2.25. The number of hydrogen-bond donors (Lipinski definition) is 3. The molecule has 0 saturated heterocycles. The molecule has 2 atom stereocenters. The van der Waals surface area contributed by atoms with Crippen LogP contribution < -0.4 is 15.4 Å². The third kappa shape index (κ3) is 5.29. The van der Waals surface area contributed by atoms with Crippen LogP contribution >= 0.6 is 0 Å². The molecule has 7 nitrogen and oxygen atoms in total. The van der Waals surface area contributed by atoms with Crippen molar-refractivity contribution in [3.05, 3.63) is 18.3 Å². The Labute approximate surface area is 123 Å². The number of hydrogen-bond acceptors (Lipinski definition) is 4. The van der Waals surface area contributed by atoms with Crippen molar-refractivity contribution in [3.63, 3.8) is 0 Å². The molecule has 1 heterocycles. The molecule has 0 spiro atoms. The largest absolute Gasteiger partial charge is 0.480 e. The van der Waals surface area contributed by atoms with Gasteiger partial charge in [-0.3, -0.25) is 0 Å². The van der Waals surface area contributed by atoms with E-state index in [2.05, 4.69) is 15.6 Å². The smallest absolute Gasteiger partial charge is 0.326 e. The molecule has 3 N–H and O–H groups in total. The fraction of sp³-hybridized carbons (Fsp3) is 0.500. The summed E-state index contributed by atoms with van der Waals surface area (Å²) in [5, 5.41) is 14.1. The van der Waals surface area contributed by atoms with Crippen molar-refractivity contribution in [2.45, 2.75) is 33.2 Å². The number of pyridine rings is 1. The lowest BCUT2D eigenvalue weighted by atomic mass is 9.99. The molecule has 0 saturated carbocycles. The number of aliphatic carboxylic acids is 1. The van der Waals surface area contributed by atoms with E-state index in [4.69, 9.17) is 9.84 Å². The summed E-state index contributed by atoms with van der Waals surface area (Å²) >= 11 is 0. The second-order valence-corrected chi connectivity index (χ2v) is 4.62. The Hall–Kier alpha value is -2.31. The molecule has 0 aliphatic heterocycles. The van der Waals surface area contributed by atoms with E-state index in [-0.39, 0.29) is 5.92 Å². The summed E-state index contributed by atoms with van der Waals surface area (Å²) in [6.45, 7) is 6.01. The van der Waals surface area contributed by atoms with Crippen molar-refractivity contribution in [1.29, 1.82) is 0 Å². The normalized spacial score (nSPS) is 13.1. The van der Waals surface area contributed by atoms with Crippen molar-refractivity contribution < 1.29 is 19.4 Å². The summed E-state index contributed by atoms with van der Waals surface area (Å²) in [7, 11) is 0. The van der Waals surface area contributed by atoms with Gasteiger partial charge in [-0.2, -0.15) is 0 Å². The van der Waals surface area contributed by atoms with Crippen LogP contribution in [0.1, 0.15) is 27.2 Å². The standard InChI is InChI=1S/C14H21N3O4/c1-4-9(3)12(13(18)19)17-14(20)16-10-6-7-11(15-8-10)21-5-2/h6-9,12H,4-5H2,1-3H3,(H,18,19)(H2,16,17,20)/t9-,12-/m0/s1. The maximum Gasteiger partial charge on any atom is 0.326 e. The molecule has 0 aromatic carbocycles. The minimum Gasteiger partial charge on any atom is -0.480 e. The van der Waals surface area contributed by atoms with Crippen LogP contribution in [0.3, 0.4) is 0 Å². The van der Waals surface area contributed by atoms with E-state index in [1.807, 2.05) is 13.8 Å². The van der Waals surface area contributed by atoms with Gasteiger partial charge in [-0.15, -0.1) is 0 Å². The molecule has 7 heteroatoms. The number of aromatic nitrogens is 1. The molecule has 0 aliphatic rings. The van der Waals surface area contributed by atoms with Crippen LogP contribution in [-0.4, -0.2) is 34.7 Å². The average molecular weight is 295 g/mol. The summed E-state index contributed by atoms with van der Waals surface area (Å²) in [5.41, 5.74) is 0.462. The monoisotopic (exact) mass is 295 g/mol. The number of nitrogens with zero attached hydrogens (tertiary/aromatic N) is 1. The Bertz CT molecular complexity index is 476. The second kappa shape index (κ2) is 8.08. The van der Waals surface area contributed by atoms with Crippen LogP contribution in [0.4, 0.5) is 10.5 Å². The van der Waals surface area contributed by atoms with Crippen LogP contribution in [-0.2, 0) is 4.79 Å². The topological polar surface area (TPSA) is 101 Å². The van der Waals surface area contributed by atoms with Gasteiger partial charge in [-0.05, 0) is 18.9 Å². The van der Waals surface area contributed by atoms with Gasteiger partial charge < -0.3 is 20.5 Å². The molecule has 2 amide bonds. The molecular formula is C14H21N3O4. The number of carbonyl (C=O) groups excluding carboxylic acids is 1. The van der Waals surface area contributed by atoms with E-state index in [0.29, 0.717) is 24.6 Å². The van der Waals surface area contributed by atoms with E-state index in [1.165, 1.54) is 6.20 Å². The summed E-state index contributed by atoms with van der Waals surface area (Å²) in [5.74, 6) is -0.748. The lowest BCUT2D eigenvalue weighted by Crippen LogP contribution is -2.46. The van der Waals surface area contributed by atoms with Gasteiger partial charge in [0, 0.05) is 6.07 Å². The number of rotatable bonds is 7. The third-order valence-corrected chi connectivity index (χ3v) is 3.05. The summed E-state index contributed by atoms with van der Waals surface area (Å²) < 4.78 is 5.19. The number of carboxylic acid groups (broad SMARTS) is 1. The molecule has 0 aliphatic carbocycles. The Balaban J connectivity index is 2.61. The fourth-order valence-corrected chi connectivity index (χ4v) is 1.68. The molecule has 0 bridgehead atoms. The van der Waals surface area contributed by atoms with Gasteiger partial charge in [0.1, 0.15) is 6.04 Å². The minimum absolute atomic E-state index is 0.160. The number of urea groups is 1. The lowest BCUT2D eigenvalue weighted by Gasteiger charge is -2.20. The van der Waals surface area contributed by atoms with Gasteiger partial charge in [0.05, 0.1) is 18.5 Å². The molecule has 1 aromatic heterocycles. The van der Waals surface area contributed by atoms with Crippen LogP contribution in [0, 0.1) is 5.92 Å². The maximum atomic E-state index is 11.8. The third-order valence-electron chi connectivity index (χ3n) is 3.05. The van der Waals surface area contributed by atoms with Gasteiger partial charge in [-0.25, -0.2) is 14.6 Å². The highest BCUT2D eigenvalue weighted by Crippen LogP contribution is 2.12. The molecule has 0 radical (unpaired) electrons. The molecule has 1 aromatic rings.